The highest BCUT2D eigenvalue weighted by molar-refractivity contribution is 5.79. The van der Waals surface area contributed by atoms with Gasteiger partial charge in [0.1, 0.15) is 17.6 Å². The summed E-state index contributed by atoms with van der Waals surface area (Å²) in [4.78, 5) is 9.33. The van der Waals surface area contributed by atoms with Crippen molar-refractivity contribution in [2.75, 3.05) is 18.6 Å². The number of rotatable bonds is 7. The van der Waals surface area contributed by atoms with Gasteiger partial charge in [-0.25, -0.2) is 4.98 Å². The van der Waals surface area contributed by atoms with Crippen LogP contribution in [-0.4, -0.2) is 35.0 Å². The molecule has 0 amide bonds. The summed E-state index contributed by atoms with van der Waals surface area (Å²) in [6.07, 6.45) is 4.78. The molecule has 1 aliphatic heterocycles. The number of benzene rings is 2. The summed E-state index contributed by atoms with van der Waals surface area (Å²) in [6.45, 7) is 2.86. The number of aromatic amines is 1. The van der Waals surface area contributed by atoms with Crippen LogP contribution in [-0.2, 0) is 4.74 Å². The highest BCUT2D eigenvalue weighted by atomic mass is 16.5. The van der Waals surface area contributed by atoms with E-state index in [1.54, 1.807) is 19.5 Å². The molecule has 2 N–H and O–H groups in total. The van der Waals surface area contributed by atoms with E-state index in [9.17, 15) is 5.11 Å². The number of unbranched alkanes of at least 4 members (excludes halogenated alkanes) is 1. The number of H-pyrrole nitrogens is 1. The van der Waals surface area contributed by atoms with E-state index in [1.807, 2.05) is 47.4 Å². The SMILES string of the molecule is CCCCOc1ccc(C2C(OC)=CC(O)N2c2ccc3nc[nH]c3c2)cc1. The van der Waals surface area contributed by atoms with Crippen LogP contribution in [0.25, 0.3) is 11.0 Å². The highest BCUT2D eigenvalue weighted by Crippen LogP contribution is 2.40. The number of nitrogens with one attached hydrogen (secondary N) is 1. The number of imidazole rings is 1. The number of hydrogen-bond donors (Lipinski definition) is 2. The molecular formula is C22H25N3O3. The van der Waals surface area contributed by atoms with Crippen LogP contribution >= 0.6 is 0 Å². The zero-order chi connectivity index (χ0) is 19.5. The first kappa shape index (κ1) is 18.4. The van der Waals surface area contributed by atoms with Gasteiger partial charge in [0.2, 0.25) is 0 Å². The zero-order valence-electron chi connectivity index (χ0n) is 16.1. The molecule has 3 aromatic rings. The molecule has 28 heavy (non-hydrogen) atoms. The first-order valence-electron chi connectivity index (χ1n) is 9.59. The average molecular weight is 379 g/mol. The molecule has 2 atom stereocenters. The second-order valence-corrected chi connectivity index (χ2v) is 6.87. The van der Waals surface area contributed by atoms with Crippen LogP contribution in [0.1, 0.15) is 31.4 Å². The van der Waals surface area contributed by atoms with Gasteiger partial charge in [-0.2, -0.15) is 0 Å². The summed E-state index contributed by atoms with van der Waals surface area (Å²) in [5, 5.41) is 10.7. The Morgan fingerprint density at radius 2 is 2.00 bits per heavy atom. The predicted molar refractivity (Wildman–Crippen MR) is 109 cm³/mol. The Kier molecular flexibility index (Phi) is 5.21. The fourth-order valence-electron chi connectivity index (χ4n) is 3.58. The van der Waals surface area contributed by atoms with Gasteiger partial charge in [-0.1, -0.05) is 25.5 Å². The molecule has 2 heterocycles. The van der Waals surface area contributed by atoms with Crippen molar-refractivity contribution in [3.05, 3.63) is 66.2 Å². The van der Waals surface area contributed by atoms with Crippen molar-refractivity contribution in [3.63, 3.8) is 0 Å². The normalized spacial score (nSPS) is 19.1. The van der Waals surface area contributed by atoms with Crippen molar-refractivity contribution in [2.24, 2.45) is 0 Å². The molecule has 2 unspecified atom stereocenters. The Balaban J connectivity index is 1.64. The molecular weight excluding hydrogens is 354 g/mol. The van der Waals surface area contributed by atoms with Gasteiger partial charge in [-0.3, -0.25) is 0 Å². The second-order valence-electron chi connectivity index (χ2n) is 6.87. The first-order valence-corrected chi connectivity index (χ1v) is 9.59. The molecule has 0 aliphatic carbocycles. The number of anilines is 1. The van der Waals surface area contributed by atoms with E-state index < -0.39 is 6.23 Å². The van der Waals surface area contributed by atoms with Crippen molar-refractivity contribution < 1.29 is 14.6 Å². The van der Waals surface area contributed by atoms with E-state index in [1.165, 1.54) is 0 Å². The number of fused-ring (bicyclic) bond motifs is 1. The van der Waals surface area contributed by atoms with Gasteiger partial charge < -0.3 is 24.5 Å². The molecule has 0 bridgehead atoms. The third-order valence-corrected chi connectivity index (χ3v) is 5.05. The van der Waals surface area contributed by atoms with Crippen LogP contribution < -0.4 is 9.64 Å². The van der Waals surface area contributed by atoms with Crippen LogP contribution in [0.3, 0.4) is 0 Å². The Labute approximate surface area is 164 Å². The van der Waals surface area contributed by atoms with Gasteiger partial charge >= 0.3 is 0 Å². The summed E-state index contributed by atoms with van der Waals surface area (Å²) >= 11 is 0. The van der Waals surface area contributed by atoms with Crippen molar-refractivity contribution in [1.29, 1.82) is 0 Å². The third kappa shape index (κ3) is 3.43. The van der Waals surface area contributed by atoms with Gasteiger partial charge in [0.05, 0.1) is 31.1 Å². The highest BCUT2D eigenvalue weighted by Gasteiger charge is 2.36. The molecule has 2 aromatic carbocycles. The minimum Gasteiger partial charge on any atom is -0.499 e. The summed E-state index contributed by atoms with van der Waals surface area (Å²) in [6, 6.07) is 13.7. The van der Waals surface area contributed by atoms with E-state index in [-0.39, 0.29) is 6.04 Å². The fourth-order valence-corrected chi connectivity index (χ4v) is 3.58. The minimum absolute atomic E-state index is 0.218. The van der Waals surface area contributed by atoms with Crippen LogP contribution in [0.4, 0.5) is 5.69 Å². The Morgan fingerprint density at radius 1 is 1.18 bits per heavy atom. The topological polar surface area (TPSA) is 70.6 Å². The lowest BCUT2D eigenvalue weighted by Gasteiger charge is -2.31. The molecule has 0 radical (unpaired) electrons. The number of ether oxygens (including phenoxy) is 2. The number of aliphatic hydroxyl groups is 1. The first-order chi connectivity index (χ1) is 13.7. The monoisotopic (exact) mass is 379 g/mol. The summed E-state index contributed by atoms with van der Waals surface area (Å²) < 4.78 is 11.4. The summed E-state index contributed by atoms with van der Waals surface area (Å²) in [5.74, 6) is 1.57. The second kappa shape index (κ2) is 7.94. The van der Waals surface area contributed by atoms with Gasteiger partial charge in [-0.05, 0) is 42.3 Å². The van der Waals surface area contributed by atoms with Crippen LogP contribution in [0.2, 0.25) is 0 Å². The largest absolute Gasteiger partial charge is 0.499 e. The van der Waals surface area contributed by atoms with E-state index in [0.29, 0.717) is 0 Å². The molecule has 4 rings (SSSR count). The predicted octanol–water partition coefficient (Wildman–Crippen LogP) is 4.15. The van der Waals surface area contributed by atoms with Gasteiger partial charge in [0.25, 0.3) is 0 Å². The van der Waals surface area contributed by atoms with E-state index in [4.69, 9.17) is 9.47 Å². The van der Waals surface area contributed by atoms with Crippen LogP contribution in [0.5, 0.6) is 5.75 Å². The van der Waals surface area contributed by atoms with Crippen molar-refractivity contribution in [3.8, 4) is 5.75 Å². The Bertz CT molecular complexity index is 965. The lowest BCUT2D eigenvalue weighted by Crippen LogP contribution is -2.33. The molecule has 146 valence electrons. The molecule has 6 heteroatoms. The molecule has 0 saturated heterocycles. The quantitative estimate of drug-likeness (QED) is 0.604. The maximum absolute atomic E-state index is 10.7. The van der Waals surface area contributed by atoms with E-state index >= 15 is 0 Å². The van der Waals surface area contributed by atoms with E-state index in [2.05, 4.69) is 16.9 Å². The number of hydrogen-bond acceptors (Lipinski definition) is 5. The van der Waals surface area contributed by atoms with E-state index in [0.717, 1.165) is 53.2 Å². The molecule has 6 nitrogen and oxygen atoms in total. The third-order valence-electron chi connectivity index (χ3n) is 5.05. The molecule has 0 spiro atoms. The molecule has 1 aliphatic rings. The van der Waals surface area contributed by atoms with Crippen molar-refractivity contribution in [2.45, 2.75) is 32.0 Å². The lowest BCUT2D eigenvalue weighted by atomic mass is 10.0. The molecule has 1 aromatic heterocycles. The van der Waals surface area contributed by atoms with Gasteiger partial charge in [0.15, 0.2) is 6.23 Å². The van der Waals surface area contributed by atoms with Gasteiger partial charge in [-0.15, -0.1) is 0 Å². The van der Waals surface area contributed by atoms with Crippen LogP contribution in [0.15, 0.2) is 60.6 Å². The number of aliphatic hydroxyl groups excluding tert-OH is 1. The van der Waals surface area contributed by atoms with Crippen LogP contribution in [0, 0.1) is 0 Å². The molecule has 0 saturated carbocycles. The van der Waals surface area contributed by atoms with Crippen molar-refractivity contribution >= 4 is 16.7 Å². The number of aromatic nitrogens is 2. The summed E-state index contributed by atoms with van der Waals surface area (Å²) in [7, 11) is 1.63. The standard InChI is InChI=1S/C22H25N3O3/c1-3-4-11-28-17-8-5-15(6-9-17)22-20(27-2)13-21(26)25(22)16-7-10-18-19(12-16)24-14-23-18/h5-10,12-14,21-22,26H,3-4,11H2,1-2H3,(H,23,24). The minimum atomic E-state index is -0.777. The number of nitrogens with zero attached hydrogens (tertiary/aromatic N) is 2. The number of methoxy groups -OCH3 is 1. The lowest BCUT2D eigenvalue weighted by molar-refractivity contribution is 0.218. The Morgan fingerprint density at radius 3 is 2.75 bits per heavy atom. The van der Waals surface area contributed by atoms with Gasteiger partial charge in [0, 0.05) is 11.8 Å². The fraction of sp³-hybridized carbons (Fsp3) is 0.318. The Hall–Kier alpha value is -2.99. The molecule has 0 fully saturated rings. The smallest absolute Gasteiger partial charge is 0.150 e. The van der Waals surface area contributed by atoms with Crippen molar-refractivity contribution in [1.82, 2.24) is 9.97 Å². The zero-order valence-corrected chi connectivity index (χ0v) is 16.1. The maximum Gasteiger partial charge on any atom is 0.150 e. The average Bonchev–Trinajstić information content (AvgIpc) is 3.32. The summed E-state index contributed by atoms with van der Waals surface area (Å²) in [5.41, 5.74) is 3.73. The maximum atomic E-state index is 10.7.